The zero-order chi connectivity index (χ0) is 25.9. The summed E-state index contributed by atoms with van der Waals surface area (Å²) in [5.41, 5.74) is 6.32. The van der Waals surface area contributed by atoms with E-state index in [9.17, 15) is 10.00 Å². The van der Waals surface area contributed by atoms with E-state index in [0.717, 1.165) is 57.3 Å². The van der Waals surface area contributed by atoms with Gasteiger partial charge in [0.15, 0.2) is 0 Å². The minimum Gasteiger partial charge on any atom is -0.507 e. The molecule has 0 heterocycles. The Bertz CT molecular complexity index is 1150. The number of benzene rings is 3. The predicted molar refractivity (Wildman–Crippen MR) is 149 cm³/mol. The van der Waals surface area contributed by atoms with Crippen LogP contribution in [0.3, 0.4) is 0 Å². The SMILES string of the molecule is Cc1cc(C)c(O)c(C(CC(C)CC(C)(C)C)c2cc(C)cc(C)c2OP(O)c2ccccc2)c1. The molecule has 0 aliphatic carbocycles. The first-order valence-corrected chi connectivity index (χ1v) is 13.7. The second kappa shape index (κ2) is 11.1. The minimum atomic E-state index is -1.81. The standard InChI is InChI=1S/C31H41O3P/c1-20-14-23(4)29(32)27(16-20)26(18-22(3)19-31(6,7)8)28-17-21(2)15-24(5)30(28)34-35(33)25-12-10-9-11-13-25/h9-17,22,26,32-33H,18-19H2,1-8H3. The van der Waals surface area contributed by atoms with Crippen LogP contribution in [0.4, 0.5) is 0 Å². The highest BCUT2D eigenvalue weighted by molar-refractivity contribution is 7.55. The van der Waals surface area contributed by atoms with Crippen LogP contribution in [0.15, 0.2) is 54.6 Å². The molecule has 0 bridgehead atoms. The Morgan fingerprint density at radius 3 is 2.03 bits per heavy atom. The fraction of sp³-hybridized carbons (Fsp3) is 0.419. The molecule has 3 unspecified atom stereocenters. The number of aromatic hydroxyl groups is 1. The summed E-state index contributed by atoms with van der Waals surface area (Å²) in [7, 11) is -1.81. The van der Waals surface area contributed by atoms with E-state index in [0.29, 0.717) is 11.7 Å². The minimum absolute atomic E-state index is 0.0567. The van der Waals surface area contributed by atoms with Gasteiger partial charge in [-0.3, -0.25) is 0 Å². The molecule has 0 saturated heterocycles. The Morgan fingerprint density at radius 2 is 1.43 bits per heavy atom. The average molecular weight is 493 g/mol. The van der Waals surface area contributed by atoms with E-state index < -0.39 is 8.38 Å². The number of hydrogen-bond donors (Lipinski definition) is 2. The molecular formula is C31H41O3P. The monoisotopic (exact) mass is 492 g/mol. The van der Waals surface area contributed by atoms with Crippen molar-refractivity contribution >= 4 is 13.7 Å². The van der Waals surface area contributed by atoms with Crippen LogP contribution in [-0.4, -0.2) is 10.00 Å². The van der Waals surface area contributed by atoms with Crippen molar-refractivity contribution in [3.63, 3.8) is 0 Å². The van der Waals surface area contributed by atoms with Crippen molar-refractivity contribution in [1.29, 1.82) is 0 Å². The molecule has 0 fully saturated rings. The van der Waals surface area contributed by atoms with E-state index in [-0.39, 0.29) is 11.3 Å². The average Bonchev–Trinajstić information content (AvgIpc) is 2.75. The molecule has 2 N–H and O–H groups in total. The third kappa shape index (κ3) is 7.09. The fourth-order valence-corrected chi connectivity index (χ4v) is 6.23. The maximum atomic E-state index is 11.2. The molecule has 0 radical (unpaired) electrons. The van der Waals surface area contributed by atoms with Crippen molar-refractivity contribution in [1.82, 2.24) is 0 Å². The number of hydrogen-bond acceptors (Lipinski definition) is 3. The van der Waals surface area contributed by atoms with Crippen LogP contribution >= 0.6 is 8.38 Å². The van der Waals surface area contributed by atoms with Crippen molar-refractivity contribution < 1.29 is 14.5 Å². The molecule has 0 aliphatic heterocycles. The lowest BCUT2D eigenvalue weighted by Gasteiger charge is -2.30. The topological polar surface area (TPSA) is 49.7 Å². The zero-order valence-corrected chi connectivity index (χ0v) is 23.4. The molecule has 0 saturated carbocycles. The van der Waals surface area contributed by atoms with Gasteiger partial charge in [-0.05, 0) is 75.1 Å². The summed E-state index contributed by atoms with van der Waals surface area (Å²) in [6.45, 7) is 17.3. The lowest BCUT2D eigenvalue weighted by atomic mass is 9.76. The lowest BCUT2D eigenvalue weighted by molar-refractivity contribution is 0.289. The third-order valence-corrected chi connectivity index (χ3v) is 7.52. The van der Waals surface area contributed by atoms with Crippen molar-refractivity contribution in [3.8, 4) is 11.5 Å². The maximum Gasteiger partial charge on any atom is 0.262 e. The van der Waals surface area contributed by atoms with Gasteiger partial charge in [0.05, 0.1) is 0 Å². The van der Waals surface area contributed by atoms with E-state index in [2.05, 4.69) is 59.7 Å². The molecule has 0 aliphatic rings. The van der Waals surface area contributed by atoms with E-state index in [1.165, 1.54) is 0 Å². The Kier molecular flexibility index (Phi) is 8.67. The summed E-state index contributed by atoms with van der Waals surface area (Å²) >= 11 is 0. The van der Waals surface area contributed by atoms with Crippen molar-refractivity contribution in [2.24, 2.45) is 11.3 Å². The summed E-state index contributed by atoms with van der Waals surface area (Å²) < 4.78 is 6.34. The van der Waals surface area contributed by atoms with Gasteiger partial charge in [-0.15, -0.1) is 0 Å². The van der Waals surface area contributed by atoms with Crippen LogP contribution in [0.5, 0.6) is 11.5 Å². The lowest BCUT2D eigenvalue weighted by Crippen LogP contribution is -2.16. The van der Waals surface area contributed by atoms with Crippen LogP contribution in [0.1, 0.15) is 79.8 Å². The van der Waals surface area contributed by atoms with Gasteiger partial charge in [0.2, 0.25) is 0 Å². The van der Waals surface area contributed by atoms with Crippen LogP contribution in [0.2, 0.25) is 0 Å². The van der Waals surface area contributed by atoms with Crippen molar-refractivity contribution in [2.75, 3.05) is 0 Å². The summed E-state index contributed by atoms with van der Waals surface area (Å²) in [5.74, 6) is 1.44. The zero-order valence-electron chi connectivity index (χ0n) is 22.5. The quantitative estimate of drug-likeness (QED) is 0.311. The number of rotatable bonds is 8. The molecule has 0 amide bonds. The van der Waals surface area contributed by atoms with Gasteiger partial charge in [0.1, 0.15) is 11.5 Å². The highest BCUT2D eigenvalue weighted by Crippen LogP contribution is 2.47. The molecular weight excluding hydrogens is 451 g/mol. The highest BCUT2D eigenvalue weighted by Gasteiger charge is 2.28. The van der Waals surface area contributed by atoms with Crippen molar-refractivity contribution in [3.05, 3.63) is 88.0 Å². The number of phenols is 1. The molecule has 0 aromatic heterocycles. The van der Waals surface area contributed by atoms with E-state index in [1.807, 2.05) is 50.2 Å². The number of phenolic OH excluding ortho intramolecular Hbond substituents is 1. The smallest absolute Gasteiger partial charge is 0.262 e. The Labute approximate surface area is 213 Å². The second-order valence-corrected chi connectivity index (χ2v) is 12.6. The van der Waals surface area contributed by atoms with Gasteiger partial charge in [0, 0.05) is 22.3 Å². The molecule has 0 spiro atoms. The molecule has 3 atom stereocenters. The van der Waals surface area contributed by atoms with Gasteiger partial charge in [-0.25, -0.2) is 0 Å². The first-order chi connectivity index (χ1) is 16.4. The molecule has 3 nitrogen and oxygen atoms in total. The summed E-state index contributed by atoms with van der Waals surface area (Å²) in [6, 6.07) is 18.0. The first-order valence-electron chi connectivity index (χ1n) is 12.5. The highest BCUT2D eigenvalue weighted by atomic mass is 31.2. The molecule has 188 valence electrons. The largest absolute Gasteiger partial charge is 0.507 e. The van der Waals surface area contributed by atoms with Gasteiger partial charge >= 0.3 is 0 Å². The third-order valence-electron chi connectivity index (χ3n) is 6.43. The fourth-order valence-electron chi connectivity index (χ4n) is 5.28. The van der Waals surface area contributed by atoms with Gasteiger partial charge in [-0.2, -0.15) is 0 Å². The van der Waals surface area contributed by atoms with Gasteiger partial charge in [-0.1, -0.05) is 81.3 Å². The summed E-state index contributed by atoms with van der Waals surface area (Å²) in [5, 5.41) is 12.0. The molecule has 3 aromatic carbocycles. The molecule has 4 heteroatoms. The van der Waals surface area contributed by atoms with E-state index in [4.69, 9.17) is 4.52 Å². The Morgan fingerprint density at radius 1 is 0.857 bits per heavy atom. The van der Waals surface area contributed by atoms with Crippen molar-refractivity contribution in [2.45, 2.75) is 74.1 Å². The Balaban J connectivity index is 2.15. The predicted octanol–water partition coefficient (Wildman–Crippen LogP) is 8.23. The first kappa shape index (κ1) is 27.2. The Hall–Kier alpha value is -2.35. The maximum absolute atomic E-state index is 11.2. The molecule has 3 aromatic rings. The summed E-state index contributed by atoms with van der Waals surface area (Å²) in [4.78, 5) is 11.0. The molecule has 3 rings (SSSR count). The van der Waals surface area contributed by atoms with Crippen LogP contribution in [0.25, 0.3) is 0 Å². The normalized spacial score (nSPS) is 14.4. The summed E-state index contributed by atoms with van der Waals surface area (Å²) in [6.07, 6.45) is 1.95. The van der Waals surface area contributed by atoms with Crippen LogP contribution in [-0.2, 0) is 0 Å². The van der Waals surface area contributed by atoms with Gasteiger partial charge in [0.25, 0.3) is 8.38 Å². The number of aryl methyl sites for hydroxylation is 4. The van der Waals surface area contributed by atoms with Crippen LogP contribution in [0, 0.1) is 39.0 Å². The van der Waals surface area contributed by atoms with E-state index in [1.54, 1.807) is 0 Å². The van der Waals surface area contributed by atoms with Gasteiger partial charge < -0.3 is 14.5 Å². The van der Waals surface area contributed by atoms with Crippen LogP contribution < -0.4 is 9.83 Å². The van der Waals surface area contributed by atoms with E-state index >= 15 is 0 Å². The second-order valence-electron chi connectivity index (χ2n) is 11.4. The molecule has 35 heavy (non-hydrogen) atoms.